The number of carboxylic acid groups (broad SMARTS) is 1. The summed E-state index contributed by atoms with van der Waals surface area (Å²) >= 11 is 0. The van der Waals surface area contributed by atoms with E-state index in [2.05, 4.69) is 23.7 Å². The number of pyridine rings is 2. The van der Waals surface area contributed by atoms with Crippen LogP contribution in [0.2, 0.25) is 0 Å². The summed E-state index contributed by atoms with van der Waals surface area (Å²) < 4.78 is 25.3. The van der Waals surface area contributed by atoms with Gasteiger partial charge < -0.3 is 19.5 Å². The summed E-state index contributed by atoms with van der Waals surface area (Å²) in [4.78, 5) is 24.3. The molecule has 7 nitrogen and oxygen atoms in total. The van der Waals surface area contributed by atoms with Crippen LogP contribution in [0.5, 0.6) is 5.75 Å². The smallest absolute Gasteiger partial charge is 0.337 e. The topological polar surface area (TPSA) is 84.8 Å². The van der Waals surface area contributed by atoms with Crippen molar-refractivity contribution in [3.8, 4) is 17.0 Å². The van der Waals surface area contributed by atoms with E-state index in [1.54, 1.807) is 24.5 Å². The zero-order valence-electron chi connectivity index (χ0n) is 25.0. The number of benzene rings is 1. The fourth-order valence-electron chi connectivity index (χ4n) is 4.98. The maximum Gasteiger partial charge on any atom is 0.337 e. The van der Waals surface area contributed by atoms with Crippen LogP contribution in [0.3, 0.4) is 0 Å². The van der Waals surface area contributed by atoms with E-state index in [0.717, 1.165) is 42.7 Å². The fourth-order valence-corrected chi connectivity index (χ4v) is 4.98. The van der Waals surface area contributed by atoms with Gasteiger partial charge >= 0.3 is 5.97 Å². The SMILES string of the molecule is CCC(C)(C)O[C@H](C(=O)O)c1c(C)ncc(-c2ccc(OCCc3ccc(F)cc3)cn2)c1N1CCC(C)(C)CC1. The highest BCUT2D eigenvalue weighted by Crippen LogP contribution is 2.43. The first-order valence-electron chi connectivity index (χ1n) is 14.4. The van der Waals surface area contributed by atoms with Crippen LogP contribution in [-0.4, -0.2) is 46.3 Å². The van der Waals surface area contributed by atoms with Crippen LogP contribution in [0.4, 0.5) is 10.1 Å². The van der Waals surface area contributed by atoms with E-state index in [0.29, 0.717) is 42.1 Å². The molecule has 1 fully saturated rings. The molecule has 1 aliphatic heterocycles. The first-order valence-corrected chi connectivity index (χ1v) is 14.4. The number of hydrogen-bond acceptors (Lipinski definition) is 6. The number of ether oxygens (including phenoxy) is 2. The Bertz CT molecular complexity index is 1330. The molecule has 2 aromatic heterocycles. The van der Waals surface area contributed by atoms with E-state index < -0.39 is 17.7 Å². The highest BCUT2D eigenvalue weighted by Gasteiger charge is 2.36. The van der Waals surface area contributed by atoms with Crippen LogP contribution >= 0.6 is 0 Å². The van der Waals surface area contributed by atoms with Gasteiger partial charge in [-0.15, -0.1) is 0 Å². The highest BCUT2D eigenvalue weighted by molar-refractivity contribution is 5.85. The van der Waals surface area contributed by atoms with E-state index in [-0.39, 0.29) is 11.2 Å². The van der Waals surface area contributed by atoms with Crippen molar-refractivity contribution in [3.63, 3.8) is 0 Å². The minimum absolute atomic E-state index is 0.219. The summed E-state index contributed by atoms with van der Waals surface area (Å²) in [6, 6.07) is 10.1. The first kappa shape index (κ1) is 30.4. The molecule has 1 aliphatic rings. The molecule has 0 spiro atoms. The van der Waals surface area contributed by atoms with Gasteiger partial charge in [-0.25, -0.2) is 9.18 Å². The lowest BCUT2D eigenvalue weighted by Gasteiger charge is -2.41. The third-order valence-corrected chi connectivity index (χ3v) is 8.08. The molecular weight excluding hydrogens is 521 g/mol. The normalized spacial score (nSPS) is 15.9. The number of anilines is 1. The molecule has 1 N–H and O–H groups in total. The van der Waals surface area contributed by atoms with Crippen molar-refractivity contribution in [1.82, 2.24) is 9.97 Å². The van der Waals surface area contributed by atoms with Gasteiger partial charge in [0.25, 0.3) is 0 Å². The maximum absolute atomic E-state index is 13.2. The van der Waals surface area contributed by atoms with E-state index in [1.807, 2.05) is 39.8 Å². The average Bonchev–Trinajstić information content (AvgIpc) is 2.93. The van der Waals surface area contributed by atoms with Crippen molar-refractivity contribution < 1.29 is 23.8 Å². The van der Waals surface area contributed by atoms with Crippen LogP contribution in [0.15, 0.2) is 48.8 Å². The molecule has 1 saturated heterocycles. The summed E-state index contributed by atoms with van der Waals surface area (Å²) in [5.41, 5.74) is 4.08. The Morgan fingerprint density at radius 2 is 1.78 bits per heavy atom. The number of halogens is 1. The number of piperidine rings is 1. The lowest BCUT2D eigenvalue weighted by atomic mass is 9.82. The lowest BCUT2D eigenvalue weighted by Crippen LogP contribution is -2.39. The molecule has 1 atom stereocenters. The van der Waals surface area contributed by atoms with E-state index in [4.69, 9.17) is 14.5 Å². The number of nitrogens with zero attached hydrogens (tertiary/aromatic N) is 3. The molecule has 1 aromatic carbocycles. The van der Waals surface area contributed by atoms with Gasteiger partial charge in [-0.1, -0.05) is 32.9 Å². The highest BCUT2D eigenvalue weighted by atomic mass is 19.1. The summed E-state index contributed by atoms with van der Waals surface area (Å²) in [6.07, 6.45) is 5.58. The van der Waals surface area contributed by atoms with Crippen molar-refractivity contribution in [1.29, 1.82) is 0 Å². The molecule has 0 aliphatic carbocycles. The Morgan fingerprint density at radius 3 is 2.37 bits per heavy atom. The van der Waals surface area contributed by atoms with Gasteiger partial charge in [0, 0.05) is 42.5 Å². The summed E-state index contributed by atoms with van der Waals surface area (Å²) in [6.45, 7) is 14.2. The van der Waals surface area contributed by atoms with E-state index >= 15 is 0 Å². The lowest BCUT2D eigenvalue weighted by molar-refractivity contribution is -0.162. The molecule has 41 heavy (non-hydrogen) atoms. The van der Waals surface area contributed by atoms with Crippen molar-refractivity contribution in [2.24, 2.45) is 5.41 Å². The average molecular weight is 564 g/mol. The minimum Gasteiger partial charge on any atom is -0.492 e. The monoisotopic (exact) mass is 563 g/mol. The molecule has 0 saturated carbocycles. The van der Waals surface area contributed by atoms with Gasteiger partial charge in [-0.05, 0) is 75.3 Å². The molecule has 220 valence electrons. The van der Waals surface area contributed by atoms with Crippen molar-refractivity contribution in [3.05, 3.63) is 71.4 Å². The molecular formula is C33H42FN3O4. The molecule has 0 radical (unpaired) electrons. The second-order valence-electron chi connectivity index (χ2n) is 12.2. The zero-order chi connectivity index (χ0) is 29.8. The summed E-state index contributed by atoms with van der Waals surface area (Å²) in [5.74, 6) is -0.676. The summed E-state index contributed by atoms with van der Waals surface area (Å²) in [5, 5.41) is 10.4. The van der Waals surface area contributed by atoms with E-state index in [9.17, 15) is 14.3 Å². The maximum atomic E-state index is 13.2. The standard InChI is InChI=1S/C33H42FN3O4/c1-7-33(5,6)41-30(31(38)39)28-22(2)35-21-26(29(28)37-17-15-32(3,4)16-18-37)27-13-12-25(20-36-27)40-19-14-23-8-10-24(34)11-9-23/h8-13,20-21,30H,7,14-19H2,1-6H3,(H,38,39)/t30-/m0/s1. The quantitative estimate of drug-likeness (QED) is 0.265. The Kier molecular flexibility index (Phi) is 9.32. The van der Waals surface area contributed by atoms with Crippen molar-refractivity contribution >= 4 is 11.7 Å². The largest absolute Gasteiger partial charge is 0.492 e. The molecule has 0 amide bonds. The Balaban J connectivity index is 1.68. The second kappa shape index (κ2) is 12.6. The van der Waals surface area contributed by atoms with Gasteiger partial charge in [0.2, 0.25) is 0 Å². The Labute approximate surface area is 242 Å². The number of aliphatic carboxylic acids is 1. The number of carboxylic acids is 1. The molecule has 0 bridgehead atoms. The molecule has 3 heterocycles. The van der Waals surface area contributed by atoms with Crippen LogP contribution in [0, 0.1) is 18.2 Å². The van der Waals surface area contributed by atoms with Crippen molar-refractivity contribution in [2.45, 2.75) is 78.9 Å². The van der Waals surface area contributed by atoms with Gasteiger partial charge in [0.05, 0.1) is 29.8 Å². The molecule has 8 heteroatoms. The van der Waals surface area contributed by atoms with Gasteiger partial charge in [0.15, 0.2) is 6.10 Å². The number of carbonyl (C=O) groups is 1. The molecule has 4 rings (SSSR count). The van der Waals surface area contributed by atoms with Gasteiger partial charge in [-0.2, -0.15) is 0 Å². The first-order chi connectivity index (χ1) is 19.4. The predicted molar refractivity (Wildman–Crippen MR) is 159 cm³/mol. The predicted octanol–water partition coefficient (Wildman–Crippen LogP) is 7.17. The second-order valence-corrected chi connectivity index (χ2v) is 12.2. The third-order valence-electron chi connectivity index (χ3n) is 8.08. The Hall–Kier alpha value is -3.52. The van der Waals surface area contributed by atoms with Crippen LogP contribution in [0.25, 0.3) is 11.3 Å². The number of aromatic nitrogens is 2. The number of rotatable bonds is 11. The zero-order valence-corrected chi connectivity index (χ0v) is 25.0. The number of aryl methyl sites for hydroxylation is 1. The van der Waals surface area contributed by atoms with Crippen LogP contribution < -0.4 is 9.64 Å². The third kappa shape index (κ3) is 7.61. The number of hydrogen-bond donors (Lipinski definition) is 1. The Morgan fingerprint density at radius 1 is 1.10 bits per heavy atom. The van der Waals surface area contributed by atoms with Crippen LogP contribution in [-0.2, 0) is 16.0 Å². The molecule has 0 unspecified atom stereocenters. The summed E-state index contributed by atoms with van der Waals surface area (Å²) in [7, 11) is 0. The van der Waals surface area contributed by atoms with Gasteiger partial charge in [-0.3, -0.25) is 9.97 Å². The fraction of sp³-hybridized carbons (Fsp3) is 0.485. The minimum atomic E-state index is -1.17. The molecule has 3 aromatic rings. The van der Waals surface area contributed by atoms with Crippen molar-refractivity contribution in [2.75, 3.05) is 24.6 Å². The van der Waals surface area contributed by atoms with Gasteiger partial charge in [0.1, 0.15) is 11.6 Å². The van der Waals surface area contributed by atoms with Crippen LogP contribution in [0.1, 0.15) is 76.8 Å². The van der Waals surface area contributed by atoms with E-state index in [1.165, 1.54) is 12.1 Å².